The van der Waals surface area contributed by atoms with Crippen LogP contribution in [0, 0.1) is 6.92 Å². The normalized spacial score (nSPS) is 15.8. The Bertz CT molecular complexity index is 861. The molecule has 1 aliphatic heterocycles. The molecule has 3 aromatic heterocycles. The largest absolute Gasteiger partial charge is 0.343 e. The lowest BCUT2D eigenvalue weighted by Gasteiger charge is -2.32. The van der Waals surface area contributed by atoms with Gasteiger partial charge in [-0.15, -0.1) is 0 Å². The second-order valence-corrected chi connectivity index (χ2v) is 6.65. The summed E-state index contributed by atoms with van der Waals surface area (Å²) in [6.07, 6.45) is 9.81. The summed E-state index contributed by atoms with van der Waals surface area (Å²) in [7, 11) is 0. The fraction of sp³-hybridized carbons (Fsp3) is 0.444. The molecule has 0 N–H and O–H groups in total. The first-order chi connectivity index (χ1) is 12.2. The Morgan fingerprint density at radius 3 is 2.88 bits per heavy atom. The lowest BCUT2D eigenvalue weighted by Crippen LogP contribution is -2.38. The number of amides is 1. The van der Waals surface area contributed by atoms with Crippen LogP contribution in [0.15, 0.2) is 37.1 Å². The molecule has 0 radical (unpaired) electrons. The Morgan fingerprint density at radius 2 is 2.12 bits per heavy atom. The molecule has 0 unspecified atom stereocenters. The standard InChI is InChI=1S/C18H22N6O/c1-14-12-17-20-16(4-10-24(17)21-14)15-2-8-23(9-3-15)18(25)5-7-22-11-6-19-13-22/h4,6,10-13,15H,2-3,5,7-9H2,1H3. The summed E-state index contributed by atoms with van der Waals surface area (Å²) in [5, 5.41) is 4.37. The number of aromatic nitrogens is 5. The van der Waals surface area contributed by atoms with E-state index in [0.717, 1.165) is 43.0 Å². The zero-order chi connectivity index (χ0) is 17.2. The highest BCUT2D eigenvalue weighted by Crippen LogP contribution is 2.27. The molecule has 1 saturated heterocycles. The Hall–Kier alpha value is -2.70. The van der Waals surface area contributed by atoms with Crippen LogP contribution in [-0.4, -0.2) is 48.0 Å². The molecule has 7 nitrogen and oxygen atoms in total. The topological polar surface area (TPSA) is 68.3 Å². The van der Waals surface area contributed by atoms with Gasteiger partial charge >= 0.3 is 0 Å². The van der Waals surface area contributed by atoms with Crippen molar-refractivity contribution in [2.24, 2.45) is 0 Å². The smallest absolute Gasteiger partial charge is 0.224 e. The first kappa shape index (κ1) is 15.8. The van der Waals surface area contributed by atoms with E-state index in [0.29, 0.717) is 18.9 Å². The van der Waals surface area contributed by atoms with Gasteiger partial charge in [0, 0.05) is 62.3 Å². The molecule has 1 aliphatic rings. The fourth-order valence-electron chi connectivity index (χ4n) is 3.47. The highest BCUT2D eigenvalue weighted by molar-refractivity contribution is 5.76. The highest BCUT2D eigenvalue weighted by Gasteiger charge is 2.24. The zero-order valence-electron chi connectivity index (χ0n) is 14.4. The summed E-state index contributed by atoms with van der Waals surface area (Å²) in [6, 6.07) is 4.05. The molecule has 0 atom stereocenters. The number of aryl methyl sites for hydroxylation is 2. The molecule has 7 heteroatoms. The van der Waals surface area contributed by atoms with Crippen molar-refractivity contribution in [2.75, 3.05) is 13.1 Å². The van der Waals surface area contributed by atoms with Gasteiger partial charge in [0.1, 0.15) is 0 Å². The number of rotatable bonds is 4. The first-order valence-corrected chi connectivity index (χ1v) is 8.75. The number of carbonyl (C=O) groups is 1. The summed E-state index contributed by atoms with van der Waals surface area (Å²) in [5.74, 6) is 0.639. The molecular weight excluding hydrogens is 316 g/mol. The quantitative estimate of drug-likeness (QED) is 0.730. The Balaban J connectivity index is 1.34. The van der Waals surface area contributed by atoms with Gasteiger partial charge in [0.2, 0.25) is 5.91 Å². The van der Waals surface area contributed by atoms with Crippen molar-refractivity contribution in [2.45, 2.75) is 38.6 Å². The van der Waals surface area contributed by atoms with Crippen molar-refractivity contribution in [3.63, 3.8) is 0 Å². The van der Waals surface area contributed by atoms with E-state index in [1.807, 2.05) is 39.4 Å². The van der Waals surface area contributed by atoms with Crippen molar-refractivity contribution in [3.05, 3.63) is 48.4 Å². The van der Waals surface area contributed by atoms with Gasteiger partial charge < -0.3 is 9.47 Å². The average molecular weight is 338 g/mol. The maximum atomic E-state index is 12.4. The number of fused-ring (bicyclic) bond motifs is 1. The molecule has 3 aromatic rings. The molecule has 4 rings (SSSR count). The van der Waals surface area contributed by atoms with Crippen molar-refractivity contribution >= 4 is 11.6 Å². The number of nitrogens with zero attached hydrogens (tertiary/aromatic N) is 6. The molecule has 130 valence electrons. The maximum Gasteiger partial charge on any atom is 0.224 e. The van der Waals surface area contributed by atoms with E-state index >= 15 is 0 Å². The highest BCUT2D eigenvalue weighted by atomic mass is 16.2. The van der Waals surface area contributed by atoms with E-state index < -0.39 is 0 Å². The van der Waals surface area contributed by atoms with Crippen molar-refractivity contribution in [1.82, 2.24) is 29.0 Å². The molecule has 0 aliphatic carbocycles. The fourth-order valence-corrected chi connectivity index (χ4v) is 3.47. The lowest BCUT2D eigenvalue weighted by molar-refractivity contribution is -0.132. The molecule has 1 fully saturated rings. The second-order valence-electron chi connectivity index (χ2n) is 6.65. The summed E-state index contributed by atoms with van der Waals surface area (Å²) < 4.78 is 3.75. The molecule has 0 spiro atoms. The number of hydrogen-bond donors (Lipinski definition) is 0. The van der Waals surface area contributed by atoms with E-state index in [1.54, 1.807) is 12.5 Å². The summed E-state index contributed by atoms with van der Waals surface area (Å²) in [6.45, 7) is 4.27. The van der Waals surface area contributed by atoms with Crippen LogP contribution in [0.25, 0.3) is 5.65 Å². The third-order valence-corrected chi connectivity index (χ3v) is 4.88. The third kappa shape index (κ3) is 3.40. The Morgan fingerprint density at radius 1 is 1.28 bits per heavy atom. The summed E-state index contributed by atoms with van der Waals surface area (Å²) >= 11 is 0. The maximum absolute atomic E-state index is 12.4. The number of piperidine rings is 1. The SMILES string of the molecule is Cc1cc2nc(C3CCN(C(=O)CCn4ccnc4)CC3)ccn2n1. The van der Waals surface area contributed by atoms with Crippen molar-refractivity contribution in [1.29, 1.82) is 0 Å². The van der Waals surface area contributed by atoms with Crippen LogP contribution in [0.2, 0.25) is 0 Å². The van der Waals surface area contributed by atoms with E-state index in [2.05, 4.69) is 16.1 Å². The molecule has 0 saturated carbocycles. The second kappa shape index (κ2) is 6.66. The number of carbonyl (C=O) groups excluding carboxylic acids is 1. The van der Waals surface area contributed by atoms with Gasteiger partial charge in [-0.25, -0.2) is 14.5 Å². The van der Waals surface area contributed by atoms with Crippen LogP contribution in [0.5, 0.6) is 0 Å². The summed E-state index contributed by atoms with van der Waals surface area (Å²) in [4.78, 5) is 23.1. The van der Waals surface area contributed by atoms with E-state index in [1.165, 1.54) is 0 Å². The predicted octanol–water partition coefficient (Wildman–Crippen LogP) is 2.03. The van der Waals surface area contributed by atoms with Crippen LogP contribution < -0.4 is 0 Å². The van der Waals surface area contributed by atoms with Crippen LogP contribution in [0.3, 0.4) is 0 Å². The van der Waals surface area contributed by atoms with Gasteiger partial charge in [-0.05, 0) is 25.8 Å². The van der Waals surface area contributed by atoms with Crippen LogP contribution in [-0.2, 0) is 11.3 Å². The van der Waals surface area contributed by atoms with Gasteiger partial charge in [0.05, 0.1) is 12.0 Å². The van der Waals surface area contributed by atoms with Gasteiger partial charge in [-0.2, -0.15) is 5.10 Å². The number of imidazole rings is 1. The third-order valence-electron chi connectivity index (χ3n) is 4.88. The van der Waals surface area contributed by atoms with E-state index in [9.17, 15) is 4.79 Å². The Labute approximate surface area is 146 Å². The molecule has 1 amide bonds. The molecular formula is C18H22N6O. The minimum absolute atomic E-state index is 0.224. The minimum Gasteiger partial charge on any atom is -0.343 e. The number of likely N-dealkylation sites (tertiary alicyclic amines) is 1. The summed E-state index contributed by atoms with van der Waals surface area (Å²) in [5.41, 5.74) is 2.98. The van der Waals surface area contributed by atoms with E-state index in [4.69, 9.17) is 4.98 Å². The zero-order valence-corrected chi connectivity index (χ0v) is 14.4. The lowest BCUT2D eigenvalue weighted by atomic mass is 9.93. The molecule has 0 aromatic carbocycles. The molecule has 25 heavy (non-hydrogen) atoms. The van der Waals surface area contributed by atoms with Crippen molar-refractivity contribution < 1.29 is 4.79 Å². The van der Waals surface area contributed by atoms with Gasteiger partial charge in [0.25, 0.3) is 0 Å². The average Bonchev–Trinajstić information content (AvgIpc) is 3.27. The van der Waals surface area contributed by atoms with Gasteiger partial charge in [-0.1, -0.05) is 0 Å². The monoisotopic (exact) mass is 338 g/mol. The molecule has 0 bridgehead atoms. The van der Waals surface area contributed by atoms with Gasteiger partial charge in [0.15, 0.2) is 5.65 Å². The van der Waals surface area contributed by atoms with Gasteiger partial charge in [-0.3, -0.25) is 4.79 Å². The van der Waals surface area contributed by atoms with E-state index in [-0.39, 0.29) is 5.91 Å². The predicted molar refractivity (Wildman–Crippen MR) is 93.1 cm³/mol. The van der Waals surface area contributed by atoms with Crippen molar-refractivity contribution in [3.8, 4) is 0 Å². The minimum atomic E-state index is 0.224. The van der Waals surface area contributed by atoms with Crippen LogP contribution >= 0.6 is 0 Å². The molecule has 4 heterocycles. The Kier molecular flexibility index (Phi) is 4.21. The van der Waals surface area contributed by atoms with Crippen LogP contribution in [0.1, 0.15) is 36.6 Å². The number of hydrogen-bond acceptors (Lipinski definition) is 4. The van der Waals surface area contributed by atoms with Crippen LogP contribution in [0.4, 0.5) is 0 Å². The first-order valence-electron chi connectivity index (χ1n) is 8.75.